The molecule has 0 aliphatic carbocycles. The highest BCUT2D eigenvalue weighted by Gasteiger charge is 2.25. The highest BCUT2D eigenvalue weighted by Crippen LogP contribution is 2.30. The number of amides is 2. The quantitative estimate of drug-likeness (QED) is 0.782. The van der Waals surface area contributed by atoms with E-state index in [2.05, 4.69) is 5.32 Å². The van der Waals surface area contributed by atoms with Gasteiger partial charge >= 0.3 is 0 Å². The number of anilines is 2. The first-order valence-electron chi connectivity index (χ1n) is 7.90. The average Bonchev–Trinajstić information content (AvgIpc) is 3.04. The van der Waals surface area contributed by atoms with Crippen molar-refractivity contribution in [1.82, 2.24) is 0 Å². The summed E-state index contributed by atoms with van der Waals surface area (Å²) in [5, 5.41) is 7.43. The van der Waals surface area contributed by atoms with Gasteiger partial charge < -0.3 is 10.2 Å². The molecule has 10 heteroatoms. The van der Waals surface area contributed by atoms with Crippen LogP contribution < -0.4 is 15.4 Å². The molecule has 0 fully saturated rings. The molecule has 1 heterocycles. The van der Waals surface area contributed by atoms with Crippen LogP contribution >= 0.6 is 23.4 Å². The maximum atomic E-state index is 12.4. The summed E-state index contributed by atoms with van der Waals surface area (Å²) in [5.74, 6) is -0.517. The molecule has 7 nitrogen and oxygen atoms in total. The minimum atomic E-state index is -3.88. The fourth-order valence-electron chi connectivity index (χ4n) is 2.69. The molecule has 0 aromatic heterocycles. The first kappa shape index (κ1) is 19.7. The number of para-hydroxylation sites is 1. The summed E-state index contributed by atoms with van der Waals surface area (Å²) in [4.78, 5) is 26.0. The van der Waals surface area contributed by atoms with Crippen LogP contribution in [-0.2, 0) is 21.2 Å². The van der Waals surface area contributed by atoms with Crippen molar-refractivity contribution >= 4 is 55.9 Å². The highest BCUT2D eigenvalue weighted by atomic mass is 35.5. The smallest absolute Gasteiger partial charge is 0.286 e. The molecule has 0 bridgehead atoms. The van der Waals surface area contributed by atoms with Crippen molar-refractivity contribution in [1.29, 1.82) is 0 Å². The van der Waals surface area contributed by atoms with E-state index in [1.807, 2.05) is 24.3 Å². The van der Waals surface area contributed by atoms with Gasteiger partial charge in [-0.05, 0) is 36.2 Å². The van der Waals surface area contributed by atoms with Crippen LogP contribution in [-0.4, -0.2) is 31.9 Å². The zero-order valence-electron chi connectivity index (χ0n) is 14.0. The zero-order chi connectivity index (χ0) is 19.6. The number of nitrogens with zero attached hydrogens (tertiary/aromatic N) is 1. The molecule has 0 atom stereocenters. The maximum absolute atomic E-state index is 12.4. The van der Waals surface area contributed by atoms with Gasteiger partial charge in [-0.3, -0.25) is 9.59 Å². The number of benzene rings is 2. The first-order valence-corrected chi connectivity index (χ1v) is 10.8. The van der Waals surface area contributed by atoms with Crippen LogP contribution in [0, 0.1) is 0 Å². The Labute approximate surface area is 165 Å². The van der Waals surface area contributed by atoms with E-state index < -0.39 is 15.9 Å². The van der Waals surface area contributed by atoms with Crippen molar-refractivity contribution in [2.45, 2.75) is 11.3 Å². The van der Waals surface area contributed by atoms with Gasteiger partial charge in [-0.25, -0.2) is 13.6 Å². The Bertz CT molecular complexity index is 1010. The standard InChI is InChI=1S/C17H16ClN3O4S2/c18-13-9-12(27(19,24)25)5-6-14(13)20-16(22)10-26-17(23)21-8-7-11-3-1-2-4-15(11)21/h1-6,9H,7-8,10H2,(H,20,22)(H2,19,24,25). The topological polar surface area (TPSA) is 110 Å². The highest BCUT2D eigenvalue weighted by molar-refractivity contribution is 8.14. The number of primary sulfonamides is 1. The predicted molar refractivity (Wildman–Crippen MR) is 107 cm³/mol. The second-order valence-corrected chi connectivity index (χ2v) is 8.71. The molecule has 3 rings (SSSR count). The molecule has 0 radical (unpaired) electrons. The van der Waals surface area contributed by atoms with Crippen LogP contribution in [0.25, 0.3) is 0 Å². The fraction of sp³-hybridized carbons (Fsp3) is 0.176. The number of sulfonamides is 1. The van der Waals surface area contributed by atoms with E-state index in [1.165, 1.54) is 12.1 Å². The van der Waals surface area contributed by atoms with E-state index in [0.717, 1.165) is 35.5 Å². The lowest BCUT2D eigenvalue weighted by molar-refractivity contribution is -0.113. The summed E-state index contributed by atoms with van der Waals surface area (Å²) in [5.41, 5.74) is 2.23. The van der Waals surface area contributed by atoms with Gasteiger partial charge in [0, 0.05) is 12.2 Å². The van der Waals surface area contributed by atoms with Crippen molar-refractivity contribution < 1.29 is 18.0 Å². The number of carbonyl (C=O) groups excluding carboxylic acids is 2. The Kier molecular flexibility index (Phi) is 5.75. The Morgan fingerprint density at radius 2 is 1.96 bits per heavy atom. The summed E-state index contributed by atoms with van der Waals surface area (Å²) < 4.78 is 22.6. The summed E-state index contributed by atoms with van der Waals surface area (Å²) in [6.07, 6.45) is 0.792. The van der Waals surface area contributed by atoms with Crippen LogP contribution in [0.1, 0.15) is 5.56 Å². The van der Waals surface area contributed by atoms with E-state index in [0.29, 0.717) is 6.54 Å². The molecule has 3 N–H and O–H groups in total. The molecule has 2 aromatic rings. The van der Waals surface area contributed by atoms with E-state index in [4.69, 9.17) is 16.7 Å². The Balaban J connectivity index is 1.58. The fourth-order valence-corrected chi connectivity index (χ4v) is 4.20. The van der Waals surface area contributed by atoms with Gasteiger partial charge in [0.2, 0.25) is 15.9 Å². The van der Waals surface area contributed by atoms with E-state index >= 15 is 0 Å². The van der Waals surface area contributed by atoms with Crippen LogP contribution in [0.15, 0.2) is 47.4 Å². The summed E-state index contributed by atoms with van der Waals surface area (Å²) in [6, 6.07) is 11.4. The van der Waals surface area contributed by atoms with Gasteiger partial charge in [-0.1, -0.05) is 41.6 Å². The lowest BCUT2D eigenvalue weighted by Crippen LogP contribution is -2.26. The normalized spacial score (nSPS) is 13.3. The SMILES string of the molecule is NS(=O)(=O)c1ccc(NC(=O)CSC(=O)N2CCc3ccccc32)c(Cl)c1. The first-order chi connectivity index (χ1) is 12.8. The minimum Gasteiger partial charge on any atom is -0.324 e. The molecule has 1 aliphatic heterocycles. The summed E-state index contributed by atoms with van der Waals surface area (Å²) in [7, 11) is -3.88. The van der Waals surface area contributed by atoms with Crippen LogP contribution in [0.3, 0.4) is 0 Å². The average molecular weight is 426 g/mol. The number of carbonyl (C=O) groups is 2. The molecule has 0 spiro atoms. The third-order valence-corrected chi connectivity index (χ3v) is 6.08. The third kappa shape index (κ3) is 4.62. The van der Waals surface area contributed by atoms with E-state index in [1.54, 1.807) is 4.90 Å². The van der Waals surface area contributed by atoms with E-state index in [-0.39, 0.29) is 26.6 Å². The Morgan fingerprint density at radius 3 is 2.67 bits per heavy atom. The van der Waals surface area contributed by atoms with E-state index in [9.17, 15) is 18.0 Å². The lowest BCUT2D eigenvalue weighted by Gasteiger charge is -2.16. The number of fused-ring (bicyclic) bond motifs is 1. The van der Waals surface area contributed by atoms with Crippen molar-refractivity contribution in [2.24, 2.45) is 5.14 Å². The van der Waals surface area contributed by atoms with Crippen molar-refractivity contribution in [3.63, 3.8) is 0 Å². The number of nitrogens with one attached hydrogen (secondary N) is 1. The number of hydrogen-bond donors (Lipinski definition) is 2. The van der Waals surface area contributed by atoms with Crippen LogP contribution in [0.4, 0.5) is 16.2 Å². The van der Waals surface area contributed by atoms with Crippen LogP contribution in [0.5, 0.6) is 0 Å². The number of nitrogens with two attached hydrogens (primary N) is 1. The van der Waals surface area contributed by atoms with Gasteiger partial charge in [0.15, 0.2) is 0 Å². The summed E-state index contributed by atoms with van der Waals surface area (Å²) in [6.45, 7) is 0.591. The van der Waals surface area contributed by atoms with Crippen molar-refractivity contribution in [2.75, 3.05) is 22.5 Å². The molecular weight excluding hydrogens is 410 g/mol. The molecule has 2 aromatic carbocycles. The second-order valence-electron chi connectivity index (χ2n) is 5.82. The molecule has 0 saturated carbocycles. The van der Waals surface area contributed by atoms with Gasteiger partial charge in [0.25, 0.3) is 5.24 Å². The zero-order valence-corrected chi connectivity index (χ0v) is 16.4. The second kappa shape index (κ2) is 7.89. The summed E-state index contributed by atoms with van der Waals surface area (Å²) >= 11 is 6.88. The third-order valence-electron chi connectivity index (χ3n) is 3.98. The molecule has 142 valence electrons. The predicted octanol–water partition coefficient (Wildman–Crippen LogP) is 2.84. The number of rotatable bonds is 4. The molecule has 2 amide bonds. The molecule has 1 aliphatic rings. The molecule has 27 heavy (non-hydrogen) atoms. The number of thioether (sulfide) groups is 1. The number of hydrogen-bond acceptors (Lipinski definition) is 5. The molecular formula is C17H16ClN3O4S2. The largest absolute Gasteiger partial charge is 0.324 e. The lowest BCUT2D eigenvalue weighted by atomic mass is 10.2. The van der Waals surface area contributed by atoms with Gasteiger partial charge in [0.05, 0.1) is 21.4 Å². The van der Waals surface area contributed by atoms with Gasteiger partial charge in [0.1, 0.15) is 0 Å². The van der Waals surface area contributed by atoms with Crippen LogP contribution in [0.2, 0.25) is 5.02 Å². The van der Waals surface area contributed by atoms with Crippen molar-refractivity contribution in [3.8, 4) is 0 Å². The Morgan fingerprint density at radius 1 is 1.22 bits per heavy atom. The monoisotopic (exact) mass is 425 g/mol. The Hall–Kier alpha value is -2.07. The number of halogens is 1. The maximum Gasteiger partial charge on any atom is 0.286 e. The van der Waals surface area contributed by atoms with Gasteiger partial charge in [-0.15, -0.1) is 0 Å². The van der Waals surface area contributed by atoms with Crippen molar-refractivity contribution in [3.05, 3.63) is 53.1 Å². The molecule has 0 unspecified atom stereocenters. The molecule has 0 saturated heterocycles. The minimum absolute atomic E-state index is 0.0414. The van der Waals surface area contributed by atoms with Gasteiger partial charge in [-0.2, -0.15) is 0 Å².